The molecule has 24 heavy (non-hydrogen) atoms. The number of hydrogen-bond donors (Lipinski definition) is 2. The number of aryl methyl sites for hydroxylation is 1. The van der Waals surface area contributed by atoms with Crippen LogP contribution in [0.25, 0.3) is 0 Å². The van der Waals surface area contributed by atoms with E-state index in [4.69, 9.17) is 0 Å². The standard InChI is InChI=1S/C19H30FN3O/c1-15-7-11-23(12-8-15)10-4-3-9-21-19(24)22-14-17-5-6-18(20)16(2)13-17/h5-6,13,15H,3-4,7-12,14H2,1-2H3,(H2,21,22,24). The molecule has 0 radical (unpaired) electrons. The zero-order valence-corrected chi connectivity index (χ0v) is 14.9. The maximum absolute atomic E-state index is 13.2. The highest BCUT2D eigenvalue weighted by atomic mass is 19.1. The largest absolute Gasteiger partial charge is 0.338 e. The van der Waals surface area contributed by atoms with Crippen molar-refractivity contribution in [1.29, 1.82) is 0 Å². The van der Waals surface area contributed by atoms with Crippen LogP contribution < -0.4 is 10.6 Å². The summed E-state index contributed by atoms with van der Waals surface area (Å²) in [4.78, 5) is 14.3. The van der Waals surface area contributed by atoms with E-state index >= 15 is 0 Å². The molecule has 4 nitrogen and oxygen atoms in total. The first-order valence-corrected chi connectivity index (χ1v) is 9.03. The van der Waals surface area contributed by atoms with E-state index in [2.05, 4.69) is 22.5 Å². The summed E-state index contributed by atoms with van der Waals surface area (Å²) < 4.78 is 13.2. The zero-order chi connectivity index (χ0) is 17.4. The summed E-state index contributed by atoms with van der Waals surface area (Å²) in [6, 6.07) is 4.73. The van der Waals surface area contributed by atoms with Gasteiger partial charge in [0.2, 0.25) is 0 Å². The third kappa shape index (κ3) is 6.48. The van der Waals surface area contributed by atoms with E-state index in [1.807, 2.05) is 0 Å². The van der Waals surface area contributed by atoms with Gasteiger partial charge < -0.3 is 15.5 Å². The first-order chi connectivity index (χ1) is 11.5. The average Bonchev–Trinajstić information content (AvgIpc) is 2.57. The van der Waals surface area contributed by atoms with E-state index in [1.165, 1.54) is 32.0 Å². The Morgan fingerprint density at radius 2 is 2.00 bits per heavy atom. The van der Waals surface area contributed by atoms with Crippen LogP contribution in [0.3, 0.4) is 0 Å². The Bertz CT molecular complexity index is 527. The fourth-order valence-electron chi connectivity index (χ4n) is 3.01. The normalized spacial score (nSPS) is 16.1. The van der Waals surface area contributed by atoms with Gasteiger partial charge in [-0.1, -0.05) is 19.1 Å². The van der Waals surface area contributed by atoms with E-state index in [0.717, 1.165) is 30.9 Å². The summed E-state index contributed by atoms with van der Waals surface area (Å²) in [5, 5.41) is 5.69. The van der Waals surface area contributed by atoms with Crippen LogP contribution >= 0.6 is 0 Å². The molecule has 1 fully saturated rings. The van der Waals surface area contributed by atoms with E-state index in [1.54, 1.807) is 19.1 Å². The maximum Gasteiger partial charge on any atom is 0.315 e. The highest BCUT2D eigenvalue weighted by molar-refractivity contribution is 5.73. The molecule has 1 aliphatic rings. The average molecular weight is 335 g/mol. The number of hydrogen-bond acceptors (Lipinski definition) is 2. The lowest BCUT2D eigenvalue weighted by Gasteiger charge is -2.30. The number of amides is 2. The van der Waals surface area contributed by atoms with Crippen molar-refractivity contribution in [3.63, 3.8) is 0 Å². The Balaban J connectivity index is 1.52. The third-order valence-corrected chi connectivity index (χ3v) is 4.74. The summed E-state index contributed by atoms with van der Waals surface area (Å²) in [7, 11) is 0. The first kappa shape index (κ1) is 18.7. The quantitative estimate of drug-likeness (QED) is 0.750. The van der Waals surface area contributed by atoms with Gasteiger partial charge in [-0.15, -0.1) is 0 Å². The van der Waals surface area contributed by atoms with E-state index in [0.29, 0.717) is 18.7 Å². The van der Waals surface area contributed by atoms with Crippen molar-refractivity contribution in [1.82, 2.24) is 15.5 Å². The fourth-order valence-corrected chi connectivity index (χ4v) is 3.01. The molecule has 134 valence electrons. The second-order valence-electron chi connectivity index (χ2n) is 6.92. The lowest BCUT2D eigenvalue weighted by Crippen LogP contribution is -2.36. The number of unbranched alkanes of at least 4 members (excludes halogenated alkanes) is 1. The van der Waals surface area contributed by atoms with Crippen LogP contribution in [0.4, 0.5) is 9.18 Å². The molecule has 0 unspecified atom stereocenters. The minimum absolute atomic E-state index is 0.163. The van der Waals surface area contributed by atoms with Crippen molar-refractivity contribution >= 4 is 6.03 Å². The number of carbonyl (C=O) groups excluding carboxylic acids is 1. The first-order valence-electron chi connectivity index (χ1n) is 9.03. The molecular weight excluding hydrogens is 305 g/mol. The number of urea groups is 1. The molecule has 1 aromatic rings. The van der Waals surface area contributed by atoms with Gasteiger partial charge in [-0.2, -0.15) is 0 Å². The number of halogens is 1. The van der Waals surface area contributed by atoms with Crippen molar-refractivity contribution in [3.8, 4) is 0 Å². The lowest BCUT2D eigenvalue weighted by atomic mass is 9.99. The molecule has 2 amide bonds. The molecule has 2 rings (SSSR count). The van der Waals surface area contributed by atoms with Crippen LogP contribution in [-0.2, 0) is 6.54 Å². The molecule has 0 atom stereocenters. The zero-order valence-electron chi connectivity index (χ0n) is 14.9. The monoisotopic (exact) mass is 335 g/mol. The van der Waals surface area contributed by atoms with E-state index in [9.17, 15) is 9.18 Å². The Morgan fingerprint density at radius 1 is 1.25 bits per heavy atom. The summed E-state index contributed by atoms with van der Waals surface area (Å²) in [5.74, 6) is 0.655. The van der Waals surface area contributed by atoms with Gasteiger partial charge in [-0.05, 0) is 75.4 Å². The van der Waals surface area contributed by atoms with Gasteiger partial charge in [0.25, 0.3) is 0 Å². The predicted octanol–water partition coefficient (Wildman–Crippen LogP) is 3.45. The summed E-state index contributed by atoms with van der Waals surface area (Å²) in [5.41, 5.74) is 1.50. The maximum atomic E-state index is 13.2. The SMILES string of the molecule is Cc1cc(CNC(=O)NCCCCN2CCC(C)CC2)ccc1F. The highest BCUT2D eigenvalue weighted by Gasteiger charge is 2.14. The molecule has 0 spiro atoms. The van der Waals surface area contributed by atoms with Gasteiger partial charge in [0.05, 0.1) is 0 Å². The molecular formula is C19H30FN3O. The van der Waals surface area contributed by atoms with Crippen LogP contribution in [0, 0.1) is 18.7 Å². The number of likely N-dealkylation sites (tertiary alicyclic amines) is 1. The van der Waals surface area contributed by atoms with Gasteiger partial charge in [0.15, 0.2) is 0 Å². The van der Waals surface area contributed by atoms with Crippen molar-refractivity contribution in [2.24, 2.45) is 5.92 Å². The number of carbonyl (C=O) groups is 1. The molecule has 1 saturated heterocycles. The van der Waals surface area contributed by atoms with E-state index in [-0.39, 0.29) is 11.8 Å². The van der Waals surface area contributed by atoms with Gasteiger partial charge in [0, 0.05) is 13.1 Å². The topological polar surface area (TPSA) is 44.4 Å². The highest BCUT2D eigenvalue weighted by Crippen LogP contribution is 2.16. The Labute approximate surface area is 144 Å². The molecule has 5 heteroatoms. The van der Waals surface area contributed by atoms with Gasteiger partial charge in [0.1, 0.15) is 5.82 Å². The molecule has 1 aliphatic heterocycles. The van der Waals surface area contributed by atoms with Crippen LogP contribution in [0.15, 0.2) is 18.2 Å². The van der Waals surface area contributed by atoms with Crippen LogP contribution in [-0.4, -0.2) is 37.1 Å². The van der Waals surface area contributed by atoms with Crippen LogP contribution in [0.5, 0.6) is 0 Å². The summed E-state index contributed by atoms with van der Waals surface area (Å²) >= 11 is 0. The van der Waals surface area contributed by atoms with Crippen molar-refractivity contribution < 1.29 is 9.18 Å². The summed E-state index contributed by atoms with van der Waals surface area (Å²) in [6.45, 7) is 8.72. The summed E-state index contributed by atoms with van der Waals surface area (Å²) in [6.07, 6.45) is 4.73. The molecule has 0 aromatic heterocycles. The van der Waals surface area contributed by atoms with Gasteiger partial charge in [-0.25, -0.2) is 9.18 Å². The number of piperidine rings is 1. The number of rotatable bonds is 7. The molecule has 0 aliphatic carbocycles. The van der Waals surface area contributed by atoms with Crippen LogP contribution in [0.1, 0.15) is 43.7 Å². The second-order valence-corrected chi connectivity index (χ2v) is 6.92. The molecule has 2 N–H and O–H groups in total. The second kappa shape index (κ2) is 9.62. The van der Waals surface area contributed by atoms with Crippen LogP contribution in [0.2, 0.25) is 0 Å². The molecule has 0 saturated carbocycles. The van der Waals surface area contributed by atoms with Crippen molar-refractivity contribution in [3.05, 3.63) is 35.1 Å². The van der Waals surface area contributed by atoms with E-state index < -0.39 is 0 Å². The Kier molecular flexibility index (Phi) is 7.50. The number of nitrogens with zero attached hydrogens (tertiary/aromatic N) is 1. The number of nitrogens with one attached hydrogen (secondary N) is 2. The molecule has 1 aromatic carbocycles. The third-order valence-electron chi connectivity index (χ3n) is 4.74. The van der Waals surface area contributed by atoms with Crippen molar-refractivity contribution in [2.75, 3.05) is 26.2 Å². The minimum Gasteiger partial charge on any atom is -0.338 e. The lowest BCUT2D eigenvalue weighted by molar-refractivity contribution is 0.189. The van der Waals surface area contributed by atoms with Gasteiger partial charge in [-0.3, -0.25) is 0 Å². The smallest absolute Gasteiger partial charge is 0.315 e. The fraction of sp³-hybridized carbons (Fsp3) is 0.632. The molecule has 0 bridgehead atoms. The van der Waals surface area contributed by atoms with Crippen molar-refractivity contribution in [2.45, 2.75) is 46.1 Å². The molecule has 1 heterocycles. The Morgan fingerprint density at radius 3 is 2.71 bits per heavy atom. The predicted molar refractivity (Wildman–Crippen MR) is 95.4 cm³/mol. The Hall–Kier alpha value is -1.62. The van der Waals surface area contributed by atoms with Gasteiger partial charge >= 0.3 is 6.03 Å². The number of benzene rings is 1. The minimum atomic E-state index is -0.216.